The first-order valence-corrected chi connectivity index (χ1v) is 9.75. The van der Waals surface area contributed by atoms with Gasteiger partial charge in [-0.05, 0) is 64.3 Å². The molecule has 3 N–H and O–H groups in total. The Labute approximate surface area is 176 Å². The maximum atomic E-state index is 12.7. The number of rotatable bonds is 8. The number of carbonyl (C=O) groups excluding carboxylic acids is 1. The lowest BCUT2D eigenvalue weighted by Gasteiger charge is -2.13. The van der Waals surface area contributed by atoms with Gasteiger partial charge in [0, 0.05) is 18.1 Å². The molecule has 2 rings (SSSR count). The molecule has 0 spiro atoms. The van der Waals surface area contributed by atoms with Crippen LogP contribution in [0, 0.1) is 0 Å². The lowest BCUT2D eigenvalue weighted by atomic mass is 10.2. The van der Waals surface area contributed by atoms with Crippen molar-refractivity contribution >= 4 is 29.3 Å². The van der Waals surface area contributed by atoms with E-state index in [9.17, 15) is 4.79 Å². The SMILES string of the molecule is CCN/C(=N\CCCN(C)C)OC(=O)c1ccccc1Oc1ccc(Cl)cc1N. The summed E-state index contributed by atoms with van der Waals surface area (Å²) in [5, 5.41) is 3.48. The summed E-state index contributed by atoms with van der Waals surface area (Å²) in [5.41, 5.74) is 6.58. The van der Waals surface area contributed by atoms with E-state index in [2.05, 4.69) is 15.2 Å². The number of hydrogen-bond donors (Lipinski definition) is 2. The highest BCUT2D eigenvalue weighted by molar-refractivity contribution is 6.30. The Hall–Kier alpha value is -2.77. The van der Waals surface area contributed by atoms with Gasteiger partial charge in [0.25, 0.3) is 6.02 Å². The zero-order valence-corrected chi connectivity index (χ0v) is 17.7. The van der Waals surface area contributed by atoms with Crippen LogP contribution in [0.5, 0.6) is 11.5 Å². The van der Waals surface area contributed by atoms with E-state index in [1.807, 2.05) is 21.0 Å². The number of nitrogens with two attached hydrogens (primary N) is 1. The summed E-state index contributed by atoms with van der Waals surface area (Å²) < 4.78 is 11.3. The number of aliphatic imine (C=N–C) groups is 1. The Morgan fingerprint density at radius 3 is 2.66 bits per heavy atom. The zero-order valence-electron chi connectivity index (χ0n) is 16.9. The van der Waals surface area contributed by atoms with Crippen molar-refractivity contribution in [3.05, 3.63) is 53.1 Å². The summed E-state index contributed by atoms with van der Waals surface area (Å²) in [6, 6.07) is 11.9. The number of amidine groups is 1. The number of esters is 1. The van der Waals surface area contributed by atoms with Crippen LogP contribution in [0.4, 0.5) is 5.69 Å². The van der Waals surface area contributed by atoms with Crippen LogP contribution >= 0.6 is 11.6 Å². The fourth-order valence-corrected chi connectivity index (χ4v) is 2.62. The van der Waals surface area contributed by atoms with Gasteiger partial charge in [-0.15, -0.1) is 0 Å². The predicted octanol–water partition coefficient (Wildman–Crippen LogP) is 3.79. The first-order chi connectivity index (χ1) is 13.9. The van der Waals surface area contributed by atoms with E-state index in [4.69, 9.17) is 26.8 Å². The Bertz CT molecular complexity index is 856. The van der Waals surface area contributed by atoms with E-state index in [0.717, 1.165) is 13.0 Å². The van der Waals surface area contributed by atoms with Crippen LogP contribution in [0.3, 0.4) is 0 Å². The predicted molar refractivity (Wildman–Crippen MR) is 117 cm³/mol. The molecular formula is C21H27ClN4O3. The van der Waals surface area contributed by atoms with E-state index in [-0.39, 0.29) is 11.6 Å². The van der Waals surface area contributed by atoms with Crippen LogP contribution in [-0.4, -0.2) is 50.6 Å². The van der Waals surface area contributed by atoms with E-state index in [1.165, 1.54) is 0 Å². The topological polar surface area (TPSA) is 89.2 Å². The maximum Gasteiger partial charge on any atom is 0.349 e. The smallest absolute Gasteiger partial charge is 0.349 e. The molecule has 7 nitrogen and oxygen atoms in total. The monoisotopic (exact) mass is 418 g/mol. The molecule has 0 fully saturated rings. The second-order valence-corrected chi connectivity index (χ2v) is 6.98. The average molecular weight is 419 g/mol. The number of nitrogen functional groups attached to an aromatic ring is 1. The number of ether oxygens (including phenoxy) is 2. The number of anilines is 1. The lowest BCUT2D eigenvalue weighted by Crippen LogP contribution is -2.29. The van der Waals surface area contributed by atoms with Gasteiger partial charge in [-0.3, -0.25) is 0 Å². The molecule has 0 saturated heterocycles. The van der Waals surface area contributed by atoms with Gasteiger partial charge in [0.05, 0.1) is 5.69 Å². The van der Waals surface area contributed by atoms with Gasteiger partial charge in [0.1, 0.15) is 17.1 Å². The molecule has 0 bridgehead atoms. The van der Waals surface area contributed by atoms with Crippen molar-refractivity contribution in [3.63, 3.8) is 0 Å². The van der Waals surface area contributed by atoms with E-state index in [0.29, 0.717) is 35.3 Å². The molecular weight excluding hydrogens is 392 g/mol. The minimum atomic E-state index is -0.569. The van der Waals surface area contributed by atoms with Gasteiger partial charge < -0.3 is 25.4 Å². The lowest BCUT2D eigenvalue weighted by molar-refractivity contribution is 0.0705. The molecule has 0 saturated carbocycles. The Balaban J connectivity index is 2.14. The Morgan fingerprint density at radius 2 is 1.97 bits per heavy atom. The number of benzene rings is 2. The first kappa shape index (κ1) is 22.5. The fraction of sp³-hybridized carbons (Fsp3) is 0.333. The minimum Gasteiger partial charge on any atom is -0.454 e. The number of hydrogen-bond acceptors (Lipinski definition) is 6. The number of nitrogens with one attached hydrogen (secondary N) is 1. The summed E-state index contributed by atoms with van der Waals surface area (Å²) in [6.07, 6.45) is 0.856. The van der Waals surface area contributed by atoms with Gasteiger partial charge in [0.15, 0.2) is 0 Å². The van der Waals surface area contributed by atoms with Gasteiger partial charge in [-0.1, -0.05) is 23.7 Å². The number of para-hydroxylation sites is 1. The standard InChI is InChI=1S/C21H27ClN4O3/c1-4-24-21(25-12-7-13-26(2)3)29-20(27)16-8-5-6-9-18(16)28-19-11-10-15(22)14-17(19)23/h5-6,8-11,14H,4,7,12-13,23H2,1-3H3,(H,24,25). The first-order valence-electron chi connectivity index (χ1n) is 9.37. The van der Waals surface area contributed by atoms with Crippen LogP contribution in [0.25, 0.3) is 0 Å². The number of nitrogens with zero attached hydrogens (tertiary/aromatic N) is 2. The van der Waals surface area contributed by atoms with E-state index < -0.39 is 5.97 Å². The maximum absolute atomic E-state index is 12.7. The highest BCUT2D eigenvalue weighted by atomic mass is 35.5. The largest absolute Gasteiger partial charge is 0.454 e. The van der Waals surface area contributed by atoms with Crippen LogP contribution < -0.4 is 15.8 Å². The van der Waals surface area contributed by atoms with Crippen molar-refractivity contribution in [2.75, 3.05) is 39.5 Å². The summed E-state index contributed by atoms with van der Waals surface area (Å²) in [7, 11) is 4.00. The second kappa shape index (κ2) is 11.3. The summed E-state index contributed by atoms with van der Waals surface area (Å²) >= 11 is 5.93. The number of carbonyl (C=O) groups is 1. The molecule has 2 aromatic rings. The van der Waals surface area contributed by atoms with Crippen molar-refractivity contribution in [1.82, 2.24) is 10.2 Å². The molecule has 8 heteroatoms. The quantitative estimate of drug-likeness (QED) is 0.223. The van der Waals surface area contributed by atoms with Gasteiger partial charge in [-0.2, -0.15) is 0 Å². The van der Waals surface area contributed by atoms with Crippen LogP contribution in [-0.2, 0) is 4.74 Å². The Kier molecular flexibility index (Phi) is 8.76. The van der Waals surface area contributed by atoms with E-state index >= 15 is 0 Å². The van der Waals surface area contributed by atoms with Crippen molar-refractivity contribution in [3.8, 4) is 11.5 Å². The summed E-state index contributed by atoms with van der Waals surface area (Å²) in [4.78, 5) is 19.2. The normalized spacial score (nSPS) is 11.4. The highest BCUT2D eigenvalue weighted by Crippen LogP contribution is 2.31. The second-order valence-electron chi connectivity index (χ2n) is 6.54. The molecule has 0 aliphatic rings. The van der Waals surface area contributed by atoms with Crippen LogP contribution in [0.1, 0.15) is 23.7 Å². The molecule has 0 heterocycles. The molecule has 0 radical (unpaired) electrons. The van der Waals surface area contributed by atoms with Gasteiger partial charge >= 0.3 is 5.97 Å². The fourth-order valence-electron chi connectivity index (χ4n) is 2.44. The average Bonchev–Trinajstić information content (AvgIpc) is 2.67. The van der Waals surface area contributed by atoms with Crippen molar-refractivity contribution < 1.29 is 14.3 Å². The minimum absolute atomic E-state index is 0.192. The van der Waals surface area contributed by atoms with Crippen LogP contribution in [0.15, 0.2) is 47.5 Å². The highest BCUT2D eigenvalue weighted by Gasteiger charge is 2.17. The number of halogens is 1. The molecule has 0 unspecified atom stereocenters. The van der Waals surface area contributed by atoms with Crippen LogP contribution in [0.2, 0.25) is 5.02 Å². The van der Waals surface area contributed by atoms with Crippen molar-refractivity contribution in [1.29, 1.82) is 0 Å². The molecule has 0 aliphatic carbocycles. The zero-order chi connectivity index (χ0) is 21.2. The molecule has 156 valence electrons. The van der Waals surface area contributed by atoms with Crippen molar-refractivity contribution in [2.45, 2.75) is 13.3 Å². The molecule has 2 aromatic carbocycles. The summed E-state index contributed by atoms with van der Waals surface area (Å²) in [6.45, 7) is 3.94. The third kappa shape index (κ3) is 7.29. The molecule has 0 aliphatic heterocycles. The molecule has 0 aromatic heterocycles. The van der Waals surface area contributed by atoms with Gasteiger partial charge in [0.2, 0.25) is 0 Å². The van der Waals surface area contributed by atoms with Gasteiger partial charge in [-0.25, -0.2) is 9.79 Å². The molecule has 29 heavy (non-hydrogen) atoms. The van der Waals surface area contributed by atoms with E-state index in [1.54, 1.807) is 42.5 Å². The molecule has 0 amide bonds. The Morgan fingerprint density at radius 1 is 1.21 bits per heavy atom. The third-order valence-electron chi connectivity index (χ3n) is 3.83. The van der Waals surface area contributed by atoms with Crippen molar-refractivity contribution in [2.24, 2.45) is 4.99 Å². The summed E-state index contributed by atoms with van der Waals surface area (Å²) in [5.74, 6) is 0.161. The molecule has 0 atom stereocenters. The third-order valence-corrected chi connectivity index (χ3v) is 4.07.